The van der Waals surface area contributed by atoms with Crippen LogP contribution in [0.15, 0.2) is 33.5 Å². The normalized spacial score (nSPS) is 15.8. The van der Waals surface area contributed by atoms with Gasteiger partial charge in [0.1, 0.15) is 29.9 Å². The second-order valence-electron chi connectivity index (χ2n) is 6.24. The van der Waals surface area contributed by atoms with Gasteiger partial charge < -0.3 is 30.2 Å². The Morgan fingerprint density at radius 3 is 2.41 bits per heavy atom. The minimum absolute atomic E-state index is 0.0120. The van der Waals surface area contributed by atoms with Crippen molar-refractivity contribution in [3.05, 3.63) is 45.8 Å². The van der Waals surface area contributed by atoms with Crippen molar-refractivity contribution in [2.24, 2.45) is 0 Å². The van der Waals surface area contributed by atoms with Gasteiger partial charge in [-0.3, -0.25) is 9.59 Å². The monoisotopic (exact) mass is 379 g/mol. The lowest BCUT2D eigenvalue weighted by Gasteiger charge is -2.28. The summed E-state index contributed by atoms with van der Waals surface area (Å²) in [5.74, 6) is -1.42. The molecule has 9 heteroatoms. The predicted octanol–water partition coefficient (Wildman–Crippen LogP) is -1.14. The number of ketones is 1. The Balaban J connectivity index is 2.42. The number of amides is 1. The minimum Gasteiger partial charge on any atom is -0.423 e. The van der Waals surface area contributed by atoms with Gasteiger partial charge in [-0.05, 0) is 19.1 Å². The number of benzene rings is 1. The van der Waals surface area contributed by atoms with Crippen LogP contribution in [0.4, 0.5) is 0 Å². The molecule has 0 aliphatic rings. The minimum atomic E-state index is -1.88. The van der Waals surface area contributed by atoms with Crippen LogP contribution in [0.3, 0.4) is 0 Å². The van der Waals surface area contributed by atoms with Crippen LogP contribution in [0, 0.1) is 6.92 Å². The van der Waals surface area contributed by atoms with Gasteiger partial charge in [-0.25, -0.2) is 4.79 Å². The molecule has 4 atom stereocenters. The first-order valence-electron chi connectivity index (χ1n) is 8.16. The molecule has 2 aromatic rings. The molecule has 1 heterocycles. The van der Waals surface area contributed by atoms with E-state index in [4.69, 9.17) is 9.52 Å². The summed E-state index contributed by atoms with van der Waals surface area (Å²) in [6, 6.07) is 4.24. The summed E-state index contributed by atoms with van der Waals surface area (Å²) in [6.07, 6.45) is -5.47. The first-order chi connectivity index (χ1) is 12.6. The van der Waals surface area contributed by atoms with Crippen molar-refractivity contribution < 1.29 is 34.4 Å². The Bertz CT molecular complexity index is 906. The van der Waals surface area contributed by atoms with Crippen LogP contribution in [0.25, 0.3) is 11.0 Å². The standard InChI is InChI=1S/C18H21NO8/c1-8-5-10-3-4-11(6-13(10)27-18(8)26)15(23)14(19-9(2)21)17(25)16(24)12(22)7-20/h3-6,12,14,16-17,20,22,24-25H,7H2,1-2H3,(H,19,21)/t12-,14+,16-,17-/m1/s1. The molecule has 2 rings (SSSR count). The average Bonchev–Trinajstić information content (AvgIpc) is 2.64. The van der Waals surface area contributed by atoms with Gasteiger partial charge in [-0.15, -0.1) is 0 Å². The molecule has 1 aromatic carbocycles. The summed E-state index contributed by atoms with van der Waals surface area (Å²) in [7, 11) is 0. The van der Waals surface area contributed by atoms with Crippen LogP contribution >= 0.6 is 0 Å². The highest BCUT2D eigenvalue weighted by atomic mass is 16.4. The van der Waals surface area contributed by atoms with Gasteiger partial charge in [0.15, 0.2) is 5.78 Å². The molecule has 146 valence electrons. The van der Waals surface area contributed by atoms with Crippen molar-refractivity contribution in [1.29, 1.82) is 0 Å². The molecule has 0 spiro atoms. The number of carbonyl (C=O) groups is 2. The molecule has 5 N–H and O–H groups in total. The molecule has 0 fully saturated rings. The third kappa shape index (κ3) is 4.58. The van der Waals surface area contributed by atoms with E-state index in [2.05, 4.69) is 5.32 Å². The van der Waals surface area contributed by atoms with Crippen LogP contribution in [0.5, 0.6) is 0 Å². The fraction of sp³-hybridized carbons (Fsp3) is 0.389. The number of aliphatic hydroxyl groups excluding tert-OH is 4. The third-order valence-electron chi connectivity index (χ3n) is 4.11. The topological polar surface area (TPSA) is 157 Å². The lowest BCUT2D eigenvalue weighted by molar-refractivity contribution is -0.122. The number of fused-ring (bicyclic) bond motifs is 1. The van der Waals surface area contributed by atoms with E-state index in [1.807, 2.05) is 0 Å². The number of hydrogen-bond donors (Lipinski definition) is 5. The van der Waals surface area contributed by atoms with E-state index in [0.29, 0.717) is 10.9 Å². The second-order valence-corrected chi connectivity index (χ2v) is 6.24. The zero-order valence-corrected chi connectivity index (χ0v) is 14.7. The second kappa shape index (κ2) is 8.40. The lowest BCUT2D eigenvalue weighted by atomic mass is 9.93. The molecule has 0 aliphatic heterocycles. The average molecular weight is 379 g/mol. The quantitative estimate of drug-likeness (QED) is 0.298. The van der Waals surface area contributed by atoms with Crippen LogP contribution in [-0.4, -0.2) is 63.1 Å². The maximum Gasteiger partial charge on any atom is 0.339 e. The van der Waals surface area contributed by atoms with Gasteiger partial charge in [0.05, 0.1) is 6.61 Å². The van der Waals surface area contributed by atoms with Gasteiger partial charge in [0.25, 0.3) is 0 Å². The van der Waals surface area contributed by atoms with E-state index < -0.39 is 48.3 Å². The highest BCUT2D eigenvalue weighted by Gasteiger charge is 2.36. The molecule has 0 unspecified atom stereocenters. The van der Waals surface area contributed by atoms with Gasteiger partial charge in [-0.1, -0.05) is 12.1 Å². The van der Waals surface area contributed by atoms with Crippen molar-refractivity contribution in [3.8, 4) is 0 Å². The largest absolute Gasteiger partial charge is 0.423 e. The number of Topliss-reactive ketones (excluding diaryl/α,β-unsaturated/α-hetero) is 1. The number of rotatable bonds is 7. The third-order valence-corrected chi connectivity index (χ3v) is 4.11. The number of hydrogen-bond acceptors (Lipinski definition) is 8. The fourth-order valence-corrected chi connectivity index (χ4v) is 2.61. The maximum absolute atomic E-state index is 12.8. The molecule has 0 saturated carbocycles. The summed E-state index contributed by atoms with van der Waals surface area (Å²) in [5, 5.41) is 41.3. The van der Waals surface area contributed by atoms with E-state index >= 15 is 0 Å². The van der Waals surface area contributed by atoms with Gasteiger partial charge in [0, 0.05) is 23.4 Å². The molecular weight excluding hydrogens is 358 g/mol. The van der Waals surface area contributed by atoms with Crippen molar-refractivity contribution >= 4 is 22.7 Å². The smallest absolute Gasteiger partial charge is 0.339 e. The molecule has 0 aliphatic carbocycles. The fourth-order valence-electron chi connectivity index (χ4n) is 2.61. The molecule has 0 radical (unpaired) electrons. The number of carbonyl (C=O) groups excluding carboxylic acids is 2. The van der Waals surface area contributed by atoms with Crippen molar-refractivity contribution in [3.63, 3.8) is 0 Å². The molecule has 0 bridgehead atoms. The Kier molecular flexibility index (Phi) is 6.45. The van der Waals surface area contributed by atoms with Crippen LogP contribution in [0.1, 0.15) is 22.8 Å². The number of aryl methyl sites for hydroxylation is 1. The summed E-state index contributed by atoms with van der Waals surface area (Å²) in [4.78, 5) is 35.9. The van der Waals surface area contributed by atoms with Crippen LogP contribution < -0.4 is 10.9 Å². The summed E-state index contributed by atoms with van der Waals surface area (Å²) in [6.45, 7) is 1.85. The number of aliphatic hydroxyl groups is 4. The zero-order chi connectivity index (χ0) is 20.3. The zero-order valence-electron chi connectivity index (χ0n) is 14.7. The number of nitrogens with one attached hydrogen (secondary N) is 1. The Hall–Kier alpha value is -2.59. The highest BCUT2D eigenvalue weighted by Crippen LogP contribution is 2.18. The van der Waals surface area contributed by atoms with Crippen molar-refractivity contribution in [2.75, 3.05) is 6.61 Å². The first-order valence-corrected chi connectivity index (χ1v) is 8.16. The van der Waals surface area contributed by atoms with Crippen LogP contribution in [0.2, 0.25) is 0 Å². The molecule has 1 aromatic heterocycles. The van der Waals surface area contributed by atoms with E-state index in [0.717, 1.165) is 6.92 Å². The summed E-state index contributed by atoms with van der Waals surface area (Å²) >= 11 is 0. The SMILES string of the molecule is CC(=O)N[C@@H](C(=O)c1ccc2cc(C)c(=O)oc2c1)[C@@H](O)[C@H](O)[C@H](O)CO. The van der Waals surface area contributed by atoms with E-state index in [1.165, 1.54) is 18.2 Å². The van der Waals surface area contributed by atoms with E-state index in [1.54, 1.807) is 13.0 Å². The first kappa shape index (κ1) is 20.7. The lowest BCUT2D eigenvalue weighted by Crippen LogP contribution is -2.55. The van der Waals surface area contributed by atoms with Crippen molar-refractivity contribution in [1.82, 2.24) is 5.32 Å². The van der Waals surface area contributed by atoms with E-state index in [-0.39, 0.29) is 11.1 Å². The van der Waals surface area contributed by atoms with Crippen LogP contribution in [-0.2, 0) is 4.79 Å². The molecule has 27 heavy (non-hydrogen) atoms. The molecule has 1 amide bonds. The Morgan fingerprint density at radius 1 is 1.15 bits per heavy atom. The van der Waals surface area contributed by atoms with E-state index in [9.17, 15) is 29.7 Å². The summed E-state index contributed by atoms with van der Waals surface area (Å²) in [5.41, 5.74) is -0.0114. The molecular formula is C18H21NO8. The summed E-state index contributed by atoms with van der Waals surface area (Å²) < 4.78 is 5.13. The maximum atomic E-state index is 12.8. The highest BCUT2D eigenvalue weighted by molar-refractivity contribution is 6.04. The van der Waals surface area contributed by atoms with Crippen molar-refractivity contribution in [2.45, 2.75) is 38.2 Å². The van der Waals surface area contributed by atoms with Gasteiger partial charge >= 0.3 is 5.63 Å². The molecule has 9 nitrogen and oxygen atoms in total. The predicted molar refractivity (Wildman–Crippen MR) is 94.3 cm³/mol. The van der Waals surface area contributed by atoms with Gasteiger partial charge in [0.2, 0.25) is 5.91 Å². The molecule has 0 saturated heterocycles. The Morgan fingerprint density at radius 2 is 1.81 bits per heavy atom. The van der Waals surface area contributed by atoms with Gasteiger partial charge in [-0.2, -0.15) is 0 Å². The Labute approximate surface area is 153 Å².